The van der Waals surface area contributed by atoms with Crippen LogP contribution < -0.4 is 10.5 Å². The van der Waals surface area contributed by atoms with E-state index in [1.807, 2.05) is 0 Å². The van der Waals surface area contributed by atoms with Crippen molar-refractivity contribution in [2.45, 2.75) is 6.42 Å². The molecule has 2 aromatic heterocycles. The van der Waals surface area contributed by atoms with Crippen LogP contribution in [0.4, 0.5) is 5.95 Å². The highest BCUT2D eigenvalue weighted by molar-refractivity contribution is 5.95. The summed E-state index contributed by atoms with van der Waals surface area (Å²) >= 11 is 0. The summed E-state index contributed by atoms with van der Waals surface area (Å²) in [6.07, 6.45) is 0.919. The molecule has 0 radical (unpaired) electrons. The summed E-state index contributed by atoms with van der Waals surface area (Å²) in [7, 11) is 1.60. The molecule has 0 amide bonds. The van der Waals surface area contributed by atoms with Crippen molar-refractivity contribution in [2.75, 3.05) is 39.2 Å². The van der Waals surface area contributed by atoms with Crippen LogP contribution in [0.2, 0.25) is 0 Å². The maximum absolute atomic E-state index is 5.70. The number of rotatable bonds is 5. The van der Waals surface area contributed by atoms with Gasteiger partial charge in [-0.1, -0.05) is 0 Å². The largest absolute Gasteiger partial charge is 0.476 e. The number of anilines is 1. The van der Waals surface area contributed by atoms with Gasteiger partial charge in [0.2, 0.25) is 17.7 Å². The Labute approximate surface area is 127 Å². The molecular formula is C14H17N5O3. The molecule has 8 heteroatoms. The van der Waals surface area contributed by atoms with Crippen LogP contribution in [0.3, 0.4) is 0 Å². The molecule has 8 nitrogen and oxygen atoms in total. The Bertz CT molecular complexity index is 704. The lowest BCUT2D eigenvalue weighted by Gasteiger charge is -2.14. The van der Waals surface area contributed by atoms with Crippen molar-refractivity contribution in [3.8, 4) is 5.88 Å². The highest BCUT2D eigenvalue weighted by atomic mass is 16.5. The topological polar surface area (TPSA) is 105 Å². The van der Waals surface area contributed by atoms with Gasteiger partial charge in [-0.15, -0.1) is 0 Å². The Morgan fingerprint density at radius 2 is 2.14 bits per heavy atom. The van der Waals surface area contributed by atoms with Gasteiger partial charge in [-0.25, -0.2) is 15.0 Å². The van der Waals surface area contributed by atoms with E-state index in [0.29, 0.717) is 48.3 Å². The number of aromatic nitrogens is 3. The van der Waals surface area contributed by atoms with Crippen LogP contribution >= 0.6 is 0 Å². The Morgan fingerprint density at radius 3 is 2.91 bits per heavy atom. The van der Waals surface area contributed by atoms with Crippen molar-refractivity contribution in [3.05, 3.63) is 17.8 Å². The van der Waals surface area contributed by atoms with Gasteiger partial charge in [-0.3, -0.25) is 0 Å². The minimum atomic E-state index is 0.140. The Kier molecular flexibility index (Phi) is 4.29. The molecule has 116 valence electrons. The number of nitrogens with two attached hydrogens (primary N) is 1. The third kappa shape index (κ3) is 3.06. The zero-order valence-corrected chi connectivity index (χ0v) is 12.3. The van der Waals surface area contributed by atoms with E-state index in [-0.39, 0.29) is 5.95 Å². The van der Waals surface area contributed by atoms with Crippen molar-refractivity contribution in [1.82, 2.24) is 15.0 Å². The van der Waals surface area contributed by atoms with Crippen LogP contribution in [0, 0.1) is 0 Å². The second kappa shape index (κ2) is 6.52. The molecular weight excluding hydrogens is 286 g/mol. The van der Waals surface area contributed by atoms with Gasteiger partial charge in [-0.05, 0) is 12.1 Å². The fraction of sp³-hybridized carbons (Fsp3) is 0.429. The number of aliphatic imine (C=N–C) groups is 1. The van der Waals surface area contributed by atoms with Gasteiger partial charge in [0.15, 0.2) is 5.52 Å². The molecule has 22 heavy (non-hydrogen) atoms. The van der Waals surface area contributed by atoms with E-state index in [2.05, 4.69) is 19.9 Å². The van der Waals surface area contributed by atoms with Gasteiger partial charge < -0.3 is 19.9 Å². The number of methoxy groups -OCH3 is 1. The minimum absolute atomic E-state index is 0.140. The number of nitrogens with zero attached hydrogens (tertiary/aromatic N) is 4. The molecule has 0 fully saturated rings. The number of pyridine rings is 1. The first-order valence-corrected chi connectivity index (χ1v) is 7.01. The monoisotopic (exact) mass is 303 g/mol. The van der Waals surface area contributed by atoms with Gasteiger partial charge in [0.25, 0.3) is 0 Å². The van der Waals surface area contributed by atoms with E-state index in [0.717, 1.165) is 13.0 Å². The van der Waals surface area contributed by atoms with E-state index in [9.17, 15) is 0 Å². The first-order chi connectivity index (χ1) is 10.8. The van der Waals surface area contributed by atoms with E-state index >= 15 is 0 Å². The van der Waals surface area contributed by atoms with Crippen molar-refractivity contribution < 1.29 is 14.2 Å². The third-order valence-electron chi connectivity index (χ3n) is 3.07. The fourth-order valence-corrected chi connectivity index (χ4v) is 2.06. The molecule has 0 saturated heterocycles. The molecule has 0 unspecified atom stereocenters. The highest BCUT2D eigenvalue weighted by Crippen LogP contribution is 2.22. The SMILES string of the molecule is COCCOc1nc(N)nc2ccc(C3=NCCCO3)nc12. The lowest BCUT2D eigenvalue weighted by Crippen LogP contribution is -2.16. The molecule has 0 bridgehead atoms. The van der Waals surface area contributed by atoms with Gasteiger partial charge in [0, 0.05) is 20.1 Å². The van der Waals surface area contributed by atoms with Crippen LogP contribution in [-0.2, 0) is 9.47 Å². The van der Waals surface area contributed by atoms with Crippen LogP contribution in [0.15, 0.2) is 17.1 Å². The minimum Gasteiger partial charge on any atom is -0.476 e. The summed E-state index contributed by atoms with van der Waals surface area (Å²) in [5.74, 6) is 1.01. The van der Waals surface area contributed by atoms with Crippen LogP contribution in [0.25, 0.3) is 11.0 Å². The van der Waals surface area contributed by atoms with Crippen molar-refractivity contribution in [1.29, 1.82) is 0 Å². The van der Waals surface area contributed by atoms with Gasteiger partial charge in [0.1, 0.15) is 12.3 Å². The Balaban J connectivity index is 1.99. The normalized spacial score (nSPS) is 14.5. The lowest BCUT2D eigenvalue weighted by atomic mass is 10.3. The summed E-state index contributed by atoms with van der Waals surface area (Å²) in [6.45, 7) is 2.19. The predicted molar refractivity (Wildman–Crippen MR) is 81.1 cm³/mol. The molecule has 2 aromatic rings. The van der Waals surface area contributed by atoms with E-state index < -0.39 is 0 Å². The van der Waals surface area contributed by atoms with Crippen LogP contribution in [0.1, 0.15) is 12.1 Å². The number of nitrogen functional groups attached to an aromatic ring is 1. The summed E-state index contributed by atoms with van der Waals surface area (Å²) in [4.78, 5) is 17.1. The molecule has 1 aliphatic heterocycles. The molecule has 0 aliphatic carbocycles. The van der Waals surface area contributed by atoms with E-state index in [4.69, 9.17) is 19.9 Å². The highest BCUT2D eigenvalue weighted by Gasteiger charge is 2.15. The summed E-state index contributed by atoms with van der Waals surface area (Å²) < 4.78 is 16.1. The first kappa shape index (κ1) is 14.5. The molecule has 0 saturated carbocycles. The van der Waals surface area contributed by atoms with Gasteiger partial charge >= 0.3 is 0 Å². The van der Waals surface area contributed by atoms with Crippen LogP contribution in [-0.4, -0.2) is 54.3 Å². The van der Waals surface area contributed by atoms with Gasteiger partial charge in [0.05, 0.1) is 18.7 Å². The molecule has 0 atom stereocenters. The maximum atomic E-state index is 5.70. The smallest absolute Gasteiger partial charge is 0.245 e. The molecule has 3 heterocycles. The third-order valence-corrected chi connectivity index (χ3v) is 3.07. The van der Waals surface area contributed by atoms with Crippen molar-refractivity contribution >= 4 is 22.9 Å². The van der Waals surface area contributed by atoms with E-state index in [1.165, 1.54) is 0 Å². The fourth-order valence-electron chi connectivity index (χ4n) is 2.06. The molecule has 3 rings (SSSR count). The van der Waals surface area contributed by atoms with Crippen molar-refractivity contribution in [3.63, 3.8) is 0 Å². The van der Waals surface area contributed by atoms with Crippen LogP contribution in [0.5, 0.6) is 5.88 Å². The summed E-state index contributed by atoms with van der Waals surface area (Å²) in [6, 6.07) is 3.61. The number of hydrogen-bond donors (Lipinski definition) is 1. The lowest BCUT2D eigenvalue weighted by molar-refractivity contribution is 0.144. The average Bonchev–Trinajstić information content (AvgIpc) is 2.55. The molecule has 1 aliphatic rings. The Hall–Kier alpha value is -2.48. The second-order valence-corrected chi connectivity index (χ2v) is 4.68. The molecule has 0 spiro atoms. The second-order valence-electron chi connectivity index (χ2n) is 4.68. The molecule has 0 aromatic carbocycles. The standard InChI is InChI=1S/C14H17N5O3/c1-20-7-8-22-13-11-9(18-14(15)19-13)3-4-10(17-11)12-16-5-2-6-21-12/h3-4H,2,5-8H2,1H3,(H2,15,18,19). The zero-order valence-electron chi connectivity index (χ0n) is 12.3. The summed E-state index contributed by atoms with van der Waals surface area (Å²) in [5, 5.41) is 0. The predicted octanol–water partition coefficient (Wildman–Crippen LogP) is 0.799. The van der Waals surface area contributed by atoms with Gasteiger partial charge in [-0.2, -0.15) is 4.98 Å². The average molecular weight is 303 g/mol. The first-order valence-electron chi connectivity index (χ1n) is 7.01. The number of fused-ring (bicyclic) bond motifs is 1. The Morgan fingerprint density at radius 1 is 1.23 bits per heavy atom. The quantitative estimate of drug-likeness (QED) is 0.814. The zero-order chi connectivity index (χ0) is 15.4. The summed E-state index contributed by atoms with van der Waals surface area (Å²) in [5.41, 5.74) is 7.48. The number of hydrogen-bond acceptors (Lipinski definition) is 8. The maximum Gasteiger partial charge on any atom is 0.245 e. The van der Waals surface area contributed by atoms with Crippen molar-refractivity contribution in [2.24, 2.45) is 4.99 Å². The molecule has 2 N–H and O–H groups in total. The van der Waals surface area contributed by atoms with E-state index in [1.54, 1.807) is 19.2 Å². The number of ether oxygens (including phenoxy) is 3.